The second kappa shape index (κ2) is 6.78. The fourth-order valence-corrected chi connectivity index (χ4v) is 4.03. The van der Waals surface area contributed by atoms with Gasteiger partial charge in [-0.05, 0) is 43.5 Å². The molecule has 3 heterocycles. The van der Waals surface area contributed by atoms with Crippen LogP contribution in [-0.2, 0) is 0 Å². The normalized spacial score (nSPS) is 34.9. The number of likely N-dealkylation sites (tertiary alicyclic amines) is 1. The van der Waals surface area contributed by atoms with Gasteiger partial charge in [0.2, 0.25) is 0 Å². The highest BCUT2D eigenvalue weighted by atomic mass is 16.6. The van der Waals surface area contributed by atoms with Gasteiger partial charge in [-0.25, -0.2) is 0 Å². The largest absolute Gasteiger partial charge is 0.486 e. The summed E-state index contributed by atoms with van der Waals surface area (Å²) in [5, 5.41) is 0. The van der Waals surface area contributed by atoms with Gasteiger partial charge in [-0.15, -0.1) is 0 Å². The van der Waals surface area contributed by atoms with E-state index in [4.69, 9.17) is 20.9 Å². The molecule has 25 heavy (non-hydrogen) atoms. The third-order valence-electron chi connectivity index (χ3n) is 5.52. The van der Waals surface area contributed by atoms with Crippen LogP contribution < -0.4 is 20.9 Å². The molecule has 0 bridgehead atoms. The molecule has 1 aromatic carbocycles. The van der Waals surface area contributed by atoms with Gasteiger partial charge < -0.3 is 20.9 Å². The van der Waals surface area contributed by atoms with E-state index in [0.717, 1.165) is 44.0 Å². The van der Waals surface area contributed by atoms with E-state index in [-0.39, 0.29) is 12.1 Å². The Hall–Kier alpha value is -1.89. The van der Waals surface area contributed by atoms with Crippen molar-refractivity contribution in [2.75, 3.05) is 26.2 Å². The summed E-state index contributed by atoms with van der Waals surface area (Å²) in [5.41, 5.74) is 12.4. The minimum atomic E-state index is -0.517. The first-order chi connectivity index (χ1) is 12.1. The lowest BCUT2D eigenvalue weighted by molar-refractivity contribution is 0.0379. The number of piperidine rings is 1. The van der Waals surface area contributed by atoms with Crippen molar-refractivity contribution in [2.24, 2.45) is 22.4 Å². The average Bonchev–Trinajstić information content (AvgIpc) is 2.64. The van der Waals surface area contributed by atoms with Gasteiger partial charge in [-0.2, -0.15) is 0 Å². The Kier molecular flexibility index (Phi) is 4.50. The molecule has 4 rings (SSSR count). The highest BCUT2D eigenvalue weighted by Gasteiger charge is 2.41. The van der Waals surface area contributed by atoms with Crippen LogP contribution in [0.2, 0.25) is 0 Å². The molecule has 1 fully saturated rings. The minimum Gasteiger partial charge on any atom is -0.486 e. The molecule has 6 heteroatoms. The van der Waals surface area contributed by atoms with E-state index in [1.54, 1.807) is 12.4 Å². The number of hydrogen-bond donors (Lipinski definition) is 2. The molecule has 4 atom stereocenters. The Morgan fingerprint density at radius 3 is 2.96 bits per heavy atom. The smallest absolute Gasteiger partial charge is 0.161 e. The molecule has 1 saturated heterocycles. The van der Waals surface area contributed by atoms with Crippen molar-refractivity contribution in [1.82, 2.24) is 4.90 Å². The Labute approximate surface area is 148 Å². The lowest BCUT2D eigenvalue weighted by Crippen LogP contribution is -2.63. The average molecular weight is 342 g/mol. The van der Waals surface area contributed by atoms with Crippen LogP contribution in [0.15, 0.2) is 41.5 Å². The Morgan fingerprint density at radius 2 is 2.12 bits per heavy atom. The summed E-state index contributed by atoms with van der Waals surface area (Å²) in [6, 6.07) is 7.60. The number of hydrogen-bond acceptors (Lipinski definition) is 6. The van der Waals surface area contributed by atoms with E-state index in [1.807, 2.05) is 30.3 Å². The molecule has 0 amide bonds. The molecule has 0 aliphatic carbocycles. The molecule has 0 aromatic heterocycles. The van der Waals surface area contributed by atoms with Crippen LogP contribution in [0.1, 0.15) is 12.8 Å². The lowest BCUT2D eigenvalue weighted by Gasteiger charge is -2.45. The van der Waals surface area contributed by atoms with Gasteiger partial charge in [0.05, 0.1) is 11.6 Å². The van der Waals surface area contributed by atoms with Gasteiger partial charge in [-0.1, -0.05) is 12.1 Å². The molecular formula is C19H26N4O2. The zero-order valence-electron chi connectivity index (χ0n) is 14.4. The van der Waals surface area contributed by atoms with Crippen molar-refractivity contribution in [3.8, 4) is 11.5 Å². The second-order valence-corrected chi connectivity index (χ2v) is 7.24. The Bertz CT molecular complexity index is 677. The molecule has 3 aliphatic heterocycles. The van der Waals surface area contributed by atoms with E-state index in [2.05, 4.69) is 9.89 Å². The predicted octanol–water partition coefficient (Wildman–Crippen LogP) is 1.16. The molecule has 1 aromatic rings. The van der Waals surface area contributed by atoms with Crippen LogP contribution in [0, 0.1) is 5.92 Å². The van der Waals surface area contributed by atoms with Crippen molar-refractivity contribution in [3.63, 3.8) is 0 Å². The highest BCUT2D eigenvalue weighted by molar-refractivity contribution is 5.69. The number of nitrogens with zero attached hydrogens (tertiary/aromatic N) is 2. The van der Waals surface area contributed by atoms with Crippen molar-refractivity contribution >= 4 is 6.21 Å². The van der Waals surface area contributed by atoms with Gasteiger partial charge in [0.25, 0.3) is 0 Å². The molecule has 134 valence electrons. The monoisotopic (exact) mass is 342 g/mol. The second-order valence-electron chi connectivity index (χ2n) is 7.24. The summed E-state index contributed by atoms with van der Waals surface area (Å²) >= 11 is 0. The van der Waals surface area contributed by atoms with Gasteiger partial charge in [0, 0.05) is 25.5 Å². The summed E-state index contributed by atoms with van der Waals surface area (Å²) in [7, 11) is 0. The first kappa shape index (κ1) is 16.6. The first-order valence-electron chi connectivity index (χ1n) is 9.01. The third-order valence-corrected chi connectivity index (χ3v) is 5.52. The first-order valence-corrected chi connectivity index (χ1v) is 9.01. The number of nitrogens with two attached hydrogens (primary N) is 2. The number of para-hydroxylation sites is 2. The SMILES string of the molecule is NC1C=NC=CC1(N)[C@H]1CCCN(C[C@H]2COc3ccccc3O2)C1. The fraction of sp³-hybridized carbons (Fsp3) is 0.526. The summed E-state index contributed by atoms with van der Waals surface area (Å²) < 4.78 is 11.9. The standard InChI is InChI=1S/C19H26N4O2/c20-18-10-22-8-7-19(18,21)14-4-3-9-23(11-14)12-15-13-24-16-5-1-2-6-17(16)25-15/h1-2,5-8,10,14-15,18H,3-4,9,11-13,20-21H2/t14-,15-,18?,19?/m0/s1. The van der Waals surface area contributed by atoms with Gasteiger partial charge in [0.1, 0.15) is 12.7 Å². The van der Waals surface area contributed by atoms with Gasteiger partial charge in [-0.3, -0.25) is 9.89 Å². The molecule has 0 spiro atoms. The molecular weight excluding hydrogens is 316 g/mol. The number of aliphatic imine (C=N–C) groups is 1. The topological polar surface area (TPSA) is 86.1 Å². The molecule has 0 saturated carbocycles. The van der Waals surface area contributed by atoms with Gasteiger partial charge in [0.15, 0.2) is 11.5 Å². The Balaban J connectivity index is 1.39. The van der Waals surface area contributed by atoms with Crippen molar-refractivity contribution in [2.45, 2.75) is 30.5 Å². The van der Waals surface area contributed by atoms with E-state index >= 15 is 0 Å². The van der Waals surface area contributed by atoms with Crippen LogP contribution in [0.4, 0.5) is 0 Å². The number of fused-ring (bicyclic) bond motifs is 1. The zero-order chi connectivity index (χ0) is 17.3. The lowest BCUT2D eigenvalue weighted by atomic mass is 9.74. The van der Waals surface area contributed by atoms with E-state index in [9.17, 15) is 0 Å². The Morgan fingerprint density at radius 1 is 1.28 bits per heavy atom. The summed E-state index contributed by atoms with van der Waals surface area (Å²) in [6.45, 7) is 3.40. The van der Waals surface area contributed by atoms with Crippen LogP contribution in [-0.4, -0.2) is 55.0 Å². The maximum Gasteiger partial charge on any atom is 0.161 e. The predicted molar refractivity (Wildman–Crippen MR) is 98.0 cm³/mol. The number of ether oxygens (including phenoxy) is 2. The molecule has 2 unspecified atom stereocenters. The summed E-state index contributed by atoms with van der Waals surface area (Å²) in [5.74, 6) is 1.97. The molecule has 3 aliphatic rings. The van der Waals surface area contributed by atoms with Crippen molar-refractivity contribution in [3.05, 3.63) is 36.5 Å². The molecule has 6 nitrogen and oxygen atoms in total. The van der Waals surface area contributed by atoms with Gasteiger partial charge >= 0.3 is 0 Å². The molecule has 0 radical (unpaired) electrons. The zero-order valence-corrected chi connectivity index (χ0v) is 14.4. The maximum atomic E-state index is 6.65. The number of rotatable bonds is 3. The summed E-state index contributed by atoms with van der Waals surface area (Å²) in [6.07, 6.45) is 7.75. The van der Waals surface area contributed by atoms with E-state index in [1.165, 1.54) is 0 Å². The van der Waals surface area contributed by atoms with Crippen molar-refractivity contribution < 1.29 is 9.47 Å². The summed E-state index contributed by atoms with van der Waals surface area (Å²) in [4.78, 5) is 6.55. The van der Waals surface area contributed by atoms with Crippen molar-refractivity contribution in [1.29, 1.82) is 0 Å². The highest BCUT2D eigenvalue weighted by Crippen LogP contribution is 2.33. The van der Waals surface area contributed by atoms with E-state index in [0.29, 0.717) is 12.5 Å². The molecule has 4 N–H and O–H groups in total. The van der Waals surface area contributed by atoms with Crippen LogP contribution in [0.25, 0.3) is 0 Å². The van der Waals surface area contributed by atoms with Crippen LogP contribution in [0.3, 0.4) is 0 Å². The number of benzene rings is 1. The van der Waals surface area contributed by atoms with E-state index < -0.39 is 5.54 Å². The fourth-order valence-electron chi connectivity index (χ4n) is 4.03. The maximum absolute atomic E-state index is 6.65. The van der Waals surface area contributed by atoms with Crippen LogP contribution in [0.5, 0.6) is 11.5 Å². The quantitative estimate of drug-likeness (QED) is 0.861. The third kappa shape index (κ3) is 3.29. The minimum absolute atomic E-state index is 0.0412. The van der Waals surface area contributed by atoms with Crippen LogP contribution >= 0.6 is 0 Å².